The molecular weight excluding hydrogens is 392 g/mol. The van der Waals surface area contributed by atoms with Gasteiger partial charge in [-0.05, 0) is 67.8 Å². The van der Waals surface area contributed by atoms with E-state index in [2.05, 4.69) is 32.7 Å². The molecule has 1 aliphatic heterocycles. The van der Waals surface area contributed by atoms with E-state index in [0.717, 1.165) is 35.8 Å². The summed E-state index contributed by atoms with van der Waals surface area (Å²) in [5.41, 5.74) is 3.66. The van der Waals surface area contributed by atoms with Crippen molar-refractivity contribution in [2.24, 2.45) is 0 Å². The van der Waals surface area contributed by atoms with Gasteiger partial charge in [0.2, 0.25) is 5.89 Å². The quantitative estimate of drug-likeness (QED) is 0.579. The number of nitrogens with one attached hydrogen (secondary N) is 2. The van der Waals surface area contributed by atoms with Crippen molar-refractivity contribution < 1.29 is 13.9 Å². The minimum absolute atomic E-state index is 0.232. The van der Waals surface area contributed by atoms with Crippen molar-refractivity contribution in [3.63, 3.8) is 0 Å². The topological polar surface area (TPSA) is 79.6 Å². The third kappa shape index (κ3) is 5.57. The van der Waals surface area contributed by atoms with Gasteiger partial charge in [0.1, 0.15) is 12.0 Å². The van der Waals surface area contributed by atoms with Crippen LogP contribution in [0.1, 0.15) is 25.0 Å². The fourth-order valence-electron chi connectivity index (χ4n) is 3.68. The van der Waals surface area contributed by atoms with Gasteiger partial charge in [0.25, 0.3) is 0 Å². The molecule has 0 atom stereocenters. The number of hydrogen-bond acceptors (Lipinski definition) is 5. The lowest BCUT2D eigenvalue weighted by Crippen LogP contribution is -2.31. The fourth-order valence-corrected chi connectivity index (χ4v) is 3.68. The molecule has 2 N–H and O–H groups in total. The van der Waals surface area contributed by atoms with Gasteiger partial charge in [0, 0.05) is 43.0 Å². The zero-order valence-corrected chi connectivity index (χ0v) is 17.8. The number of amides is 2. The molecule has 0 spiro atoms. The van der Waals surface area contributed by atoms with Crippen molar-refractivity contribution in [1.29, 1.82) is 0 Å². The van der Waals surface area contributed by atoms with Crippen LogP contribution >= 0.6 is 0 Å². The largest absolute Gasteiger partial charge is 0.497 e. The number of oxazole rings is 1. The molecule has 1 aliphatic rings. The molecule has 4 rings (SSSR count). The van der Waals surface area contributed by atoms with E-state index in [1.165, 1.54) is 24.9 Å². The van der Waals surface area contributed by atoms with E-state index in [9.17, 15) is 4.79 Å². The Kier molecular flexibility index (Phi) is 6.72. The highest BCUT2D eigenvalue weighted by Crippen LogP contribution is 2.23. The van der Waals surface area contributed by atoms with E-state index < -0.39 is 0 Å². The number of methoxy groups -OCH3 is 1. The lowest BCUT2D eigenvalue weighted by Gasteiger charge is -2.28. The second-order valence-corrected chi connectivity index (χ2v) is 7.60. The lowest BCUT2D eigenvalue weighted by molar-refractivity contribution is 0.252. The number of urea groups is 1. The lowest BCUT2D eigenvalue weighted by atomic mass is 10.1. The van der Waals surface area contributed by atoms with Gasteiger partial charge in [-0.25, -0.2) is 9.78 Å². The second kappa shape index (κ2) is 10.0. The zero-order chi connectivity index (χ0) is 21.5. The monoisotopic (exact) mass is 420 g/mol. The van der Waals surface area contributed by atoms with Gasteiger partial charge >= 0.3 is 6.03 Å². The summed E-state index contributed by atoms with van der Waals surface area (Å²) >= 11 is 0. The normalized spacial score (nSPS) is 13.6. The van der Waals surface area contributed by atoms with Gasteiger partial charge in [0.15, 0.2) is 0 Å². The number of carbonyl (C=O) groups excluding carboxylic acids is 1. The number of carbonyl (C=O) groups is 1. The first-order valence-electron chi connectivity index (χ1n) is 10.7. The smallest absolute Gasteiger partial charge is 0.319 e. The summed E-state index contributed by atoms with van der Waals surface area (Å²) in [5.74, 6) is 1.34. The van der Waals surface area contributed by atoms with Crippen LogP contribution in [-0.4, -0.2) is 37.8 Å². The maximum absolute atomic E-state index is 12.2. The molecule has 2 aromatic carbocycles. The molecule has 2 heterocycles. The molecule has 0 aliphatic carbocycles. The summed E-state index contributed by atoms with van der Waals surface area (Å²) < 4.78 is 10.7. The molecule has 2 amide bonds. The van der Waals surface area contributed by atoms with E-state index in [-0.39, 0.29) is 6.03 Å². The number of benzene rings is 2. The number of ether oxygens (including phenoxy) is 1. The fraction of sp³-hybridized carbons (Fsp3) is 0.333. The van der Waals surface area contributed by atoms with E-state index in [1.54, 1.807) is 13.4 Å². The molecule has 1 aromatic heterocycles. The maximum Gasteiger partial charge on any atom is 0.319 e. The van der Waals surface area contributed by atoms with Gasteiger partial charge in [-0.15, -0.1) is 0 Å². The number of hydrogen-bond donors (Lipinski definition) is 2. The zero-order valence-electron chi connectivity index (χ0n) is 17.8. The molecule has 7 heteroatoms. The first kappa shape index (κ1) is 20.8. The van der Waals surface area contributed by atoms with Crippen LogP contribution in [0.3, 0.4) is 0 Å². The minimum atomic E-state index is -0.232. The highest BCUT2D eigenvalue weighted by atomic mass is 16.5. The average molecular weight is 421 g/mol. The van der Waals surface area contributed by atoms with Crippen molar-refractivity contribution in [2.45, 2.75) is 25.7 Å². The Morgan fingerprint density at radius 1 is 1.06 bits per heavy atom. The molecule has 7 nitrogen and oxygen atoms in total. The summed E-state index contributed by atoms with van der Waals surface area (Å²) in [7, 11) is 1.63. The number of piperidine rings is 1. The Bertz CT molecular complexity index is 977. The third-order valence-electron chi connectivity index (χ3n) is 5.40. The number of nitrogens with zero attached hydrogens (tertiary/aromatic N) is 2. The van der Waals surface area contributed by atoms with Crippen LogP contribution in [0, 0.1) is 0 Å². The molecular formula is C24H28N4O3. The van der Waals surface area contributed by atoms with Crippen molar-refractivity contribution in [3.05, 3.63) is 60.5 Å². The first-order chi connectivity index (χ1) is 15.2. The summed E-state index contributed by atoms with van der Waals surface area (Å²) in [6.07, 6.45) is 6.01. The molecule has 0 bridgehead atoms. The second-order valence-electron chi connectivity index (χ2n) is 7.60. The van der Waals surface area contributed by atoms with Crippen LogP contribution in [-0.2, 0) is 6.42 Å². The standard InChI is InChI=1S/C24H28N4O3/c1-30-22-11-5-18(6-12-22)23-26-20(17-31-23)13-14-25-24(29)27-19-7-9-21(10-8-19)28-15-3-2-4-16-28/h5-12,17H,2-4,13-16H2,1H3,(H2,25,27,29). The predicted octanol–water partition coefficient (Wildman–Crippen LogP) is 4.70. The molecule has 31 heavy (non-hydrogen) atoms. The van der Waals surface area contributed by atoms with Crippen LogP contribution in [0.25, 0.3) is 11.5 Å². The van der Waals surface area contributed by atoms with Crippen LogP contribution < -0.4 is 20.3 Å². The van der Waals surface area contributed by atoms with Crippen LogP contribution in [0.2, 0.25) is 0 Å². The van der Waals surface area contributed by atoms with Gasteiger partial charge < -0.3 is 24.7 Å². The Morgan fingerprint density at radius 2 is 1.81 bits per heavy atom. The molecule has 1 fully saturated rings. The van der Waals surface area contributed by atoms with Gasteiger partial charge in [-0.1, -0.05) is 0 Å². The summed E-state index contributed by atoms with van der Waals surface area (Å²) in [6, 6.07) is 15.3. The van der Waals surface area contributed by atoms with Crippen molar-refractivity contribution in [1.82, 2.24) is 10.3 Å². The Balaban J connectivity index is 1.22. The van der Waals surface area contributed by atoms with E-state index >= 15 is 0 Å². The number of aromatic nitrogens is 1. The summed E-state index contributed by atoms with van der Waals surface area (Å²) in [5, 5.41) is 5.74. The Hall–Kier alpha value is -3.48. The summed E-state index contributed by atoms with van der Waals surface area (Å²) in [6.45, 7) is 2.68. The van der Waals surface area contributed by atoms with Crippen molar-refractivity contribution in [3.8, 4) is 17.2 Å². The molecule has 0 radical (unpaired) electrons. The average Bonchev–Trinajstić information content (AvgIpc) is 3.29. The molecule has 162 valence electrons. The van der Waals surface area contributed by atoms with Gasteiger partial charge in [-0.2, -0.15) is 0 Å². The first-order valence-corrected chi connectivity index (χ1v) is 10.7. The van der Waals surface area contributed by atoms with Crippen LogP contribution in [0.4, 0.5) is 16.2 Å². The molecule has 0 unspecified atom stereocenters. The van der Waals surface area contributed by atoms with E-state index in [1.807, 2.05) is 36.4 Å². The van der Waals surface area contributed by atoms with Gasteiger partial charge in [0.05, 0.1) is 12.8 Å². The minimum Gasteiger partial charge on any atom is -0.497 e. The maximum atomic E-state index is 12.2. The highest BCUT2D eigenvalue weighted by molar-refractivity contribution is 5.89. The summed E-state index contributed by atoms with van der Waals surface area (Å²) in [4.78, 5) is 19.1. The number of rotatable bonds is 7. The van der Waals surface area contributed by atoms with Gasteiger partial charge in [-0.3, -0.25) is 0 Å². The molecule has 3 aromatic rings. The third-order valence-corrected chi connectivity index (χ3v) is 5.40. The number of anilines is 2. The predicted molar refractivity (Wildman–Crippen MR) is 122 cm³/mol. The Morgan fingerprint density at radius 3 is 2.52 bits per heavy atom. The van der Waals surface area contributed by atoms with Crippen LogP contribution in [0.5, 0.6) is 5.75 Å². The van der Waals surface area contributed by atoms with Crippen LogP contribution in [0.15, 0.2) is 59.2 Å². The van der Waals surface area contributed by atoms with E-state index in [4.69, 9.17) is 9.15 Å². The van der Waals surface area contributed by atoms with Crippen molar-refractivity contribution in [2.75, 3.05) is 37.0 Å². The van der Waals surface area contributed by atoms with Crippen molar-refractivity contribution >= 4 is 17.4 Å². The molecule has 0 saturated carbocycles. The SMILES string of the molecule is COc1ccc(-c2nc(CCNC(=O)Nc3ccc(N4CCCCC4)cc3)co2)cc1. The Labute approximate surface area is 182 Å². The van der Waals surface area contributed by atoms with E-state index in [0.29, 0.717) is 18.9 Å². The highest BCUT2D eigenvalue weighted by Gasteiger charge is 2.11. The molecule has 1 saturated heterocycles.